The van der Waals surface area contributed by atoms with Gasteiger partial charge in [-0.2, -0.15) is 0 Å². The largest absolute Gasteiger partial charge is 0.507 e. The van der Waals surface area contributed by atoms with Gasteiger partial charge in [0.25, 0.3) is 0 Å². The predicted octanol–water partition coefficient (Wildman–Crippen LogP) is 5.86. The number of carbonyl (C=O) groups excluding carboxylic acids is 1. The zero-order valence-corrected chi connectivity index (χ0v) is 19.5. The Kier molecular flexibility index (Phi) is 5.40. The first-order valence-corrected chi connectivity index (χ1v) is 11.5. The average molecular weight is 454 g/mol. The molecule has 34 heavy (non-hydrogen) atoms. The van der Waals surface area contributed by atoms with Crippen molar-refractivity contribution in [2.75, 3.05) is 25.1 Å². The molecule has 0 aliphatic carbocycles. The third-order valence-electron chi connectivity index (χ3n) is 6.72. The highest BCUT2D eigenvalue weighted by atomic mass is 16.6. The second-order valence-electron chi connectivity index (χ2n) is 8.35. The number of hydrogen-bond acceptors (Lipinski definition) is 5. The Hall–Kier alpha value is -3.99. The maximum Gasteiger partial charge on any atom is 0.340 e. The predicted molar refractivity (Wildman–Crippen MR) is 134 cm³/mol. The molecule has 0 bridgehead atoms. The lowest BCUT2D eigenvalue weighted by Crippen LogP contribution is -2.31. The van der Waals surface area contributed by atoms with Gasteiger partial charge in [0.15, 0.2) is 5.60 Å². The number of phenolic OH excluding ortho intramolecular Hbond substituents is 1. The molecule has 4 aromatic rings. The van der Waals surface area contributed by atoms with Crippen LogP contribution in [0.15, 0.2) is 78.9 Å². The van der Waals surface area contributed by atoms with Gasteiger partial charge in [-0.1, -0.05) is 48.5 Å². The normalized spacial score (nSPS) is 16.9. The molecule has 5 heteroatoms. The molecule has 1 atom stereocenters. The molecule has 0 radical (unpaired) electrons. The minimum atomic E-state index is -1.37. The van der Waals surface area contributed by atoms with E-state index in [1.165, 1.54) is 0 Å². The summed E-state index contributed by atoms with van der Waals surface area (Å²) < 4.78 is 12.1. The number of esters is 1. The molecule has 0 fully saturated rings. The van der Waals surface area contributed by atoms with E-state index in [2.05, 4.69) is 18.7 Å². The lowest BCUT2D eigenvalue weighted by atomic mass is 9.77. The molecule has 0 spiro atoms. The first kappa shape index (κ1) is 21.8. The fraction of sp³-hybridized carbons (Fsp3) is 0.207. The highest BCUT2D eigenvalue weighted by molar-refractivity contribution is 5.99. The minimum absolute atomic E-state index is 0.0592. The molecule has 5 rings (SSSR count). The summed E-state index contributed by atoms with van der Waals surface area (Å²) >= 11 is 0. The van der Waals surface area contributed by atoms with E-state index in [0.29, 0.717) is 28.0 Å². The van der Waals surface area contributed by atoms with Crippen molar-refractivity contribution in [3.05, 3.63) is 101 Å². The molecule has 1 unspecified atom stereocenters. The monoisotopic (exact) mass is 453 g/mol. The SMILES string of the molecule is CCN(CC)c1ccc(C2(c3c(OC)ccc4ccccc34)OC(=O)c3ccccc32)c(O)c1. The number of rotatable bonds is 6. The van der Waals surface area contributed by atoms with Crippen LogP contribution in [0.1, 0.15) is 40.9 Å². The lowest BCUT2D eigenvalue weighted by molar-refractivity contribution is 0.0244. The Labute approximate surface area is 199 Å². The number of fused-ring (bicyclic) bond motifs is 2. The number of hydrogen-bond donors (Lipinski definition) is 1. The third-order valence-corrected chi connectivity index (χ3v) is 6.72. The summed E-state index contributed by atoms with van der Waals surface area (Å²) in [5.41, 5.74) is 1.88. The van der Waals surface area contributed by atoms with Crippen LogP contribution in [0.4, 0.5) is 5.69 Å². The summed E-state index contributed by atoms with van der Waals surface area (Å²) in [5, 5.41) is 13.3. The van der Waals surface area contributed by atoms with Crippen LogP contribution in [-0.4, -0.2) is 31.3 Å². The minimum Gasteiger partial charge on any atom is -0.507 e. The van der Waals surface area contributed by atoms with Gasteiger partial charge in [0.2, 0.25) is 0 Å². The van der Waals surface area contributed by atoms with Gasteiger partial charge >= 0.3 is 5.97 Å². The molecule has 1 N–H and O–H groups in total. The molecule has 4 aromatic carbocycles. The molecule has 0 amide bonds. The highest BCUT2D eigenvalue weighted by Gasteiger charge is 2.52. The topological polar surface area (TPSA) is 59.0 Å². The number of nitrogens with zero attached hydrogens (tertiary/aromatic N) is 1. The van der Waals surface area contributed by atoms with E-state index in [1.54, 1.807) is 19.2 Å². The number of ether oxygens (including phenoxy) is 2. The summed E-state index contributed by atoms with van der Waals surface area (Å²) in [5.74, 6) is 0.206. The van der Waals surface area contributed by atoms with Crippen molar-refractivity contribution in [1.29, 1.82) is 0 Å². The van der Waals surface area contributed by atoms with Gasteiger partial charge in [-0.15, -0.1) is 0 Å². The van der Waals surface area contributed by atoms with Crippen molar-refractivity contribution < 1.29 is 19.4 Å². The van der Waals surface area contributed by atoms with Crippen LogP contribution in [-0.2, 0) is 10.3 Å². The molecular formula is C29H27NO4. The van der Waals surface area contributed by atoms with E-state index in [4.69, 9.17) is 9.47 Å². The molecule has 1 aliphatic heterocycles. The molecule has 1 aliphatic rings. The summed E-state index contributed by atoms with van der Waals surface area (Å²) in [4.78, 5) is 15.3. The average Bonchev–Trinajstić information content (AvgIpc) is 3.17. The van der Waals surface area contributed by atoms with E-state index < -0.39 is 11.6 Å². The Bertz CT molecular complexity index is 1390. The van der Waals surface area contributed by atoms with Crippen LogP contribution in [0, 0.1) is 0 Å². The van der Waals surface area contributed by atoms with Gasteiger partial charge in [0, 0.05) is 36.0 Å². The Balaban J connectivity index is 1.89. The van der Waals surface area contributed by atoms with Gasteiger partial charge in [-0.3, -0.25) is 0 Å². The lowest BCUT2D eigenvalue weighted by Gasteiger charge is -2.33. The van der Waals surface area contributed by atoms with Crippen LogP contribution in [0.2, 0.25) is 0 Å². The Morgan fingerprint density at radius 2 is 1.65 bits per heavy atom. The van der Waals surface area contributed by atoms with Crippen LogP contribution in [0.3, 0.4) is 0 Å². The van der Waals surface area contributed by atoms with E-state index in [0.717, 1.165) is 29.5 Å². The number of benzene rings is 4. The van der Waals surface area contributed by atoms with Crippen molar-refractivity contribution in [3.8, 4) is 11.5 Å². The molecule has 0 saturated heterocycles. The van der Waals surface area contributed by atoms with Crippen LogP contribution in [0.5, 0.6) is 11.5 Å². The Morgan fingerprint density at radius 3 is 2.38 bits per heavy atom. The molecule has 1 heterocycles. The fourth-order valence-corrected chi connectivity index (χ4v) is 5.13. The van der Waals surface area contributed by atoms with Crippen molar-refractivity contribution in [2.45, 2.75) is 19.4 Å². The van der Waals surface area contributed by atoms with Crippen molar-refractivity contribution >= 4 is 22.4 Å². The summed E-state index contributed by atoms with van der Waals surface area (Å²) in [6.07, 6.45) is 0. The van der Waals surface area contributed by atoms with Gasteiger partial charge in [0.05, 0.1) is 18.2 Å². The maximum atomic E-state index is 13.2. The first-order valence-electron chi connectivity index (χ1n) is 11.5. The van der Waals surface area contributed by atoms with Crippen LogP contribution < -0.4 is 9.64 Å². The van der Waals surface area contributed by atoms with Crippen molar-refractivity contribution in [2.24, 2.45) is 0 Å². The summed E-state index contributed by atoms with van der Waals surface area (Å²) in [6, 6.07) is 24.7. The number of anilines is 1. The van der Waals surface area contributed by atoms with Crippen molar-refractivity contribution in [3.63, 3.8) is 0 Å². The summed E-state index contributed by atoms with van der Waals surface area (Å²) in [6.45, 7) is 5.78. The second kappa shape index (κ2) is 8.41. The zero-order valence-electron chi connectivity index (χ0n) is 19.5. The highest BCUT2D eigenvalue weighted by Crippen LogP contribution is 2.54. The molecular weight excluding hydrogens is 426 g/mol. The second-order valence-corrected chi connectivity index (χ2v) is 8.35. The number of carbonyl (C=O) groups is 1. The van der Waals surface area contributed by atoms with E-state index in [-0.39, 0.29) is 5.75 Å². The summed E-state index contributed by atoms with van der Waals surface area (Å²) in [7, 11) is 1.60. The molecule has 0 aromatic heterocycles. The van der Waals surface area contributed by atoms with Gasteiger partial charge in [-0.05, 0) is 48.9 Å². The number of methoxy groups -OCH3 is 1. The molecule has 0 saturated carbocycles. The van der Waals surface area contributed by atoms with Gasteiger partial charge < -0.3 is 19.5 Å². The van der Waals surface area contributed by atoms with E-state index >= 15 is 0 Å². The first-order chi connectivity index (χ1) is 16.5. The van der Waals surface area contributed by atoms with Crippen LogP contribution in [0.25, 0.3) is 10.8 Å². The molecule has 172 valence electrons. The van der Waals surface area contributed by atoms with Gasteiger partial charge in [0.1, 0.15) is 11.5 Å². The van der Waals surface area contributed by atoms with Gasteiger partial charge in [-0.25, -0.2) is 4.79 Å². The third kappa shape index (κ3) is 3.11. The zero-order chi connectivity index (χ0) is 23.9. The van der Waals surface area contributed by atoms with E-state index in [1.807, 2.05) is 66.7 Å². The Morgan fingerprint density at radius 1 is 0.912 bits per heavy atom. The van der Waals surface area contributed by atoms with E-state index in [9.17, 15) is 9.90 Å². The fourth-order valence-electron chi connectivity index (χ4n) is 5.13. The van der Waals surface area contributed by atoms with Crippen molar-refractivity contribution in [1.82, 2.24) is 0 Å². The number of phenols is 1. The number of cyclic esters (lactones) is 1. The quantitative estimate of drug-likeness (QED) is 0.371. The standard InChI is InChI=1S/C29H27NO4/c1-4-30(5-2)20-15-16-24(25(31)18-20)29(23-13-9-8-12-22(23)28(32)34-29)27-21-11-7-6-10-19(21)14-17-26(27)33-3/h6-18,31H,4-5H2,1-3H3. The van der Waals surface area contributed by atoms with Crippen LogP contribution >= 0.6 is 0 Å². The maximum absolute atomic E-state index is 13.2. The smallest absolute Gasteiger partial charge is 0.340 e. The molecule has 5 nitrogen and oxygen atoms in total. The number of aromatic hydroxyl groups is 1.